The van der Waals surface area contributed by atoms with Crippen LogP contribution < -0.4 is 5.32 Å². The smallest absolute Gasteiger partial charge is 0.340 e. The highest BCUT2D eigenvalue weighted by molar-refractivity contribution is 5.92. The van der Waals surface area contributed by atoms with Gasteiger partial charge in [-0.1, -0.05) is 0 Å². The van der Waals surface area contributed by atoms with Crippen LogP contribution in [0.25, 0.3) is 0 Å². The number of hydrogen-bond acceptors (Lipinski definition) is 5. The van der Waals surface area contributed by atoms with Crippen LogP contribution in [0, 0.1) is 0 Å². The van der Waals surface area contributed by atoms with Crippen LogP contribution in [-0.4, -0.2) is 28.9 Å². The van der Waals surface area contributed by atoms with Crippen LogP contribution in [0.3, 0.4) is 0 Å². The number of nitrogens with zero attached hydrogens (tertiary/aromatic N) is 1. The molecule has 96 valence electrons. The van der Waals surface area contributed by atoms with Gasteiger partial charge in [-0.05, 0) is 38.8 Å². The van der Waals surface area contributed by atoms with Crippen molar-refractivity contribution in [2.24, 2.45) is 0 Å². The third-order valence-electron chi connectivity index (χ3n) is 2.78. The molecule has 1 aromatic heterocycles. The van der Waals surface area contributed by atoms with E-state index in [1.165, 1.54) is 26.0 Å². The summed E-state index contributed by atoms with van der Waals surface area (Å²) >= 11 is 0. The first kappa shape index (κ1) is 12.5. The lowest BCUT2D eigenvalue weighted by atomic mass is 10.2. The van der Waals surface area contributed by atoms with Crippen LogP contribution >= 0.6 is 0 Å². The second-order valence-electron chi connectivity index (χ2n) is 4.51. The average molecular weight is 248 g/mol. The van der Waals surface area contributed by atoms with Gasteiger partial charge < -0.3 is 10.1 Å². The molecule has 1 aliphatic carbocycles. The van der Waals surface area contributed by atoms with E-state index in [9.17, 15) is 9.59 Å². The summed E-state index contributed by atoms with van der Waals surface area (Å²) in [6.07, 6.45) is 3.07. The molecule has 1 aliphatic rings. The highest BCUT2D eigenvalue weighted by atomic mass is 16.5. The Morgan fingerprint density at radius 1 is 1.44 bits per heavy atom. The highest BCUT2D eigenvalue weighted by Gasteiger charge is 2.21. The molecule has 18 heavy (non-hydrogen) atoms. The van der Waals surface area contributed by atoms with E-state index < -0.39 is 12.1 Å². The van der Waals surface area contributed by atoms with Gasteiger partial charge in [-0.15, -0.1) is 0 Å². The Morgan fingerprint density at radius 2 is 2.17 bits per heavy atom. The number of pyridine rings is 1. The normalized spacial score (nSPS) is 15.9. The molecule has 1 fully saturated rings. The summed E-state index contributed by atoms with van der Waals surface area (Å²) in [6.45, 7) is 2.94. The van der Waals surface area contributed by atoms with Gasteiger partial charge in [0.25, 0.3) is 0 Å². The molecule has 0 bridgehead atoms. The zero-order valence-electron chi connectivity index (χ0n) is 10.5. The number of hydrogen-bond donors (Lipinski definition) is 1. The second kappa shape index (κ2) is 5.16. The van der Waals surface area contributed by atoms with Crippen LogP contribution in [0.4, 0.5) is 5.82 Å². The van der Waals surface area contributed by atoms with E-state index in [2.05, 4.69) is 10.3 Å². The summed E-state index contributed by atoms with van der Waals surface area (Å²) in [5.74, 6) is 0.0557. The van der Waals surface area contributed by atoms with E-state index in [4.69, 9.17) is 4.74 Å². The Bertz CT molecular complexity index is 452. The molecule has 0 aliphatic heterocycles. The fraction of sp³-hybridized carbons (Fsp3) is 0.462. The van der Waals surface area contributed by atoms with E-state index in [1.807, 2.05) is 0 Å². The van der Waals surface area contributed by atoms with Gasteiger partial charge in [0.1, 0.15) is 5.82 Å². The molecular formula is C13H16N2O3. The summed E-state index contributed by atoms with van der Waals surface area (Å²) in [7, 11) is 0. The summed E-state index contributed by atoms with van der Waals surface area (Å²) in [4.78, 5) is 26.8. The number of ether oxygens (including phenoxy) is 1. The maximum Gasteiger partial charge on any atom is 0.340 e. The van der Waals surface area contributed by atoms with Crippen molar-refractivity contribution in [3.05, 3.63) is 23.9 Å². The van der Waals surface area contributed by atoms with Crippen molar-refractivity contribution in [1.82, 2.24) is 4.98 Å². The van der Waals surface area contributed by atoms with Crippen LogP contribution in [0.5, 0.6) is 0 Å². The minimum absolute atomic E-state index is 0.177. The Kier molecular flexibility index (Phi) is 3.60. The third-order valence-corrected chi connectivity index (χ3v) is 2.78. The molecule has 0 radical (unpaired) electrons. The minimum Gasteiger partial charge on any atom is -0.451 e. The first-order valence-corrected chi connectivity index (χ1v) is 6.00. The zero-order valence-corrected chi connectivity index (χ0v) is 10.5. The molecule has 1 atom stereocenters. The zero-order chi connectivity index (χ0) is 13.1. The van der Waals surface area contributed by atoms with Crippen molar-refractivity contribution in [3.8, 4) is 0 Å². The quantitative estimate of drug-likeness (QED) is 0.804. The fourth-order valence-electron chi connectivity index (χ4n) is 1.35. The van der Waals surface area contributed by atoms with Crippen molar-refractivity contribution in [2.75, 3.05) is 5.32 Å². The second-order valence-corrected chi connectivity index (χ2v) is 4.51. The number of esters is 1. The van der Waals surface area contributed by atoms with E-state index >= 15 is 0 Å². The van der Waals surface area contributed by atoms with Crippen molar-refractivity contribution >= 4 is 17.6 Å². The molecule has 1 heterocycles. The minimum atomic E-state index is -0.721. The molecular weight excluding hydrogens is 232 g/mol. The lowest BCUT2D eigenvalue weighted by Gasteiger charge is -2.10. The van der Waals surface area contributed by atoms with Crippen LogP contribution in [0.15, 0.2) is 18.3 Å². The van der Waals surface area contributed by atoms with E-state index in [-0.39, 0.29) is 5.78 Å². The van der Waals surface area contributed by atoms with Gasteiger partial charge in [-0.2, -0.15) is 0 Å². The lowest BCUT2D eigenvalue weighted by molar-refractivity contribution is -0.124. The fourth-order valence-corrected chi connectivity index (χ4v) is 1.35. The maximum atomic E-state index is 11.7. The van der Waals surface area contributed by atoms with E-state index in [0.717, 1.165) is 5.82 Å². The molecule has 1 saturated carbocycles. The lowest BCUT2D eigenvalue weighted by Crippen LogP contribution is -2.21. The molecule has 5 heteroatoms. The van der Waals surface area contributed by atoms with Crippen LogP contribution in [0.2, 0.25) is 0 Å². The number of carbonyl (C=O) groups excluding carboxylic acids is 2. The van der Waals surface area contributed by atoms with Crippen LogP contribution in [0.1, 0.15) is 37.0 Å². The van der Waals surface area contributed by atoms with Gasteiger partial charge in [-0.3, -0.25) is 4.79 Å². The van der Waals surface area contributed by atoms with Gasteiger partial charge in [0.2, 0.25) is 0 Å². The van der Waals surface area contributed by atoms with Gasteiger partial charge in [-0.25, -0.2) is 9.78 Å². The predicted octanol–water partition coefficient (Wildman–Crippen LogP) is 1.79. The maximum absolute atomic E-state index is 11.7. The number of anilines is 1. The largest absolute Gasteiger partial charge is 0.451 e. The number of rotatable bonds is 5. The molecule has 0 saturated heterocycles. The molecule has 2 rings (SSSR count). The highest BCUT2D eigenvalue weighted by Crippen LogP contribution is 2.23. The van der Waals surface area contributed by atoms with Gasteiger partial charge in [0.05, 0.1) is 5.56 Å². The first-order chi connectivity index (χ1) is 8.56. The van der Waals surface area contributed by atoms with Gasteiger partial charge in [0, 0.05) is 12.2 Å². The van der Waals surface area contributed by atoms with Gasteiger partial charge in [0.15, 0.2) is 11.9 Å². The molecule has 1 unspecified atom stereocenters. The van der Waals surface area contributed by atoms with E-state index in [0.29, 0.717) is 11.6 Å². The summed E-state index contributed by atoms with van der Waals surface area (Å²) in [6, 6.07) is 3.91. The molecule has 5 nitrogen and oxygen atoms in total. The van der Waals surface area contributed by atoms with Gasteiger partial charge >= 0.3 is 5.97 Å². The average Bonchev–Trinajstić information content (AvgIpc) is 3.13. The monoisotopic (exact) mass is 248 g/mol. The Morgan fingerprint density at radius 3 is 2.67 bits per heavy atom. The molecule has 1 aromatic rings. The van der Waals surface area contributed by atoms with E-state index in [1.54, 1.807) is 19.1 Å². The van der Waals surface area contributed by atoms with Crippen molar-refractivity contribution in [3.63, 3.8) is 0 Å². The molecule has 0 amide bonds. The third kappa shape index (κ3) is 3.29. The molecule has 0 aromatic carbocycles. The Labute approximate surface area is 106 Å². The Balaban J connectivity index is 1.95. The first-order valence-electron chi connectivity index (χ1n) is 6.00. The van der Waals surface area contributed by atoms with Crippen molar-refractivity contribution in [1.29, 1.82) is 0 Å². The summed E-state index contributed by atoms with van der Waals surface area (Å²) < 4.78 is 4.98. The number of ketones is 1. The van der Waals surface area contributed by atoms with Crippen molar-refractivity contribution < 1.29 is 14.3 Å². The predicted molar refractivity (Wildman–Crippen MR) is 66.4 cm³/mol. The number of carbonyl (C=O) groups is 2. The van der Waals surface area contributed by atoms with Crippen LogP contribution in [-0.2, 0) is 9.53 Å². The number of nitrogens with one attached hydrogen (secondary N) is 1. The Hall–Kier alpha value is -1.91. The molecule has 1 N–H and O–H groups in total. The summed E-state index contributed by atoms with van der Waals surface area (Å²) in [5, 5.41) is 3.22. The number of aromatic nitrogens is 1. The SMILES string of the molecule is CC(=O)C(C)OC(=O)c1ccc(NC2CC2)nc1. The van der Waals surface area contributed by atoms with Crippen molar-refractivity contribution in [2.45, 2.75) is 38.8 Å². The standard InChI is InChI=1S/C13H16N2O3/c1-8(16)9(2)18-13(17)10-3-6-12(14-7-10)15-11-4-5-11/h3,6-7,9,11H,4-5H2,1-2H3,(H,14,15). The summed E-state index contributed by atoms with van der Waals surface area (Å²) in [5.41, 5.74) is 0.351. The topological polar surface area (TPSA) is 68.3 Å². The molecule has 0 spiro atoms. The number of Topliss-reactive ketones (excluding diaryl/α,β-unsaturated/α-hetero) is 1.